The lowest BCUT2D eigenvalue weighted by atomic mass is 10.2. The van der Waals surface area contributed by atoms with Crippen molar-refractivity contribution in [1.82, 2.24) is 9.38 Å². The number of hydrogen-bond donors (Lipinski definition) is 1. The average Bonchev–Trinajstić information content (AvgIpc) is 3.03. The molecule has 4 rings (SSSR count). The summed E-state index contributed by atoms with van der Waals surface area (Å²) in [5, 5.41) is 2.92. The molecule has 1 N–H and O–H groups in total. The third kappa shape index (κ3) is 3.28. The van der Waals surface area contributed by atoms with Crippen LogP contribution in [0.15, 0.2) is 79.1 Å². The summed E-state index contributed by atoms with van der Waals surface area (Å²) in [6.07, 6.45) is 3.66. The number of para-hydroxylation sites is 3. The van der Waals surface area contributed by atoms with Crippen molar-refractivity contribution in [2.45, 2.75) is 6.92 Å². The first-order valence-corrected chi connectivity index (χ1v) is 8.28. The smallest absolute Gasteiger partial charge is 0.257 e. The van der Waals surface area contributed by atoms with Crippen LogP contribution in [0.5, 0.6) is 11.5 Å². The molecule has 0 aliphatic rings. The number of anilines is 1. The van der Waals surface area contributed by atoms with Gasteiger partial charge < -0.3 is 14.5 Å². The van der Waals surface area contributed by atoms with Gasteiger partial charge in [-0.1, -0.05) is 30.3 Å². The van der Waals surface area contributed by atoms with Gasteiger partial charge in [-0.3, -0.25) is 4.79 Å². The summed E-state index contributed by atoms with van der Waals surface area (Å²) in [4.78, 5) is 17.0. The number of carbonyl (C=O) groups is 1. The van der Waals surface area contributed by atoms with E-state index in [9.17, 15) is 4.79 Å². The Morgan fingerprint density at radius 1 is 0.962 bits per heavy atom. The van der Waals surface area contributed by atoms with Gasteiger partial charge in [-0.15, -0.1) is 0 Å². The molecular formula is C21H17N3O2. The van der Waals surface area contributed by atoms with Gasteiger partial charge in [-0.2, -0.15) is 0 Å². The fourth-order valence-electron chi connectivity index (χ4n) is 2.72. The molecule has 0 saturated carbocycles. The van der Waals surface area contributed by atoms with Crippen molar-refractivity contribution in [1.29, 1.82) is 0 Å². The molecule has 2 aromatic heterocycles. The molecule has 2 heterocycles. The molecule has 1 amide bonds. The van der Waals surface area contributed by atoms with Crippen LogP contribution in [0.1, 0.15) is 16.1 Å². The van der Waals surface area contributed by atoms with Crippen LogP contribution in [0.4, 0.5) is 5.69 Å². The quantitative estimate of drug-likeness (QED) is 0.585. The van der Waals surface area contributed by atoms with E-state index in [4.69, 9.17) is 4.74 Å². The number of fused-ring (bicyclic) bond motifs is 1. The summed E-state index contributed by atoms with van der Waals surface area (Å²) in [5.41, 5.74) is 2.88. The predicted octanol–water partition coefficient (Wildman–Crippen LogP) is 4.69. The van der Waals surface area contributed by atoms with E-state index < -0.39 is 0 Å². The van der Waals surface area contributed by atoms with Crippen LogP contribution < -0.4 is 10.1 Å². The van der Waals surface area contributed by atoms with Gasteiger partial charge in [0.2, 0.25) is 0 Å². The molecule has 0 aliphatic heterocycles. The molecule has 0 bridgehead atoms. The number of nitrogens with one attached hydrogen (secondary N) is 1. The van der Waals surface area contributed by atoms with Gasteiger partial charge >= 0.3 is 0 Å². The topological polar surface area (TPSA) is 55.6 Å². The third-order valence-corrected chi connectivity index (χ3v) is 3.94. The number of imidazole rings is 1. The second-order valence-electron chi connectivity index (χ2n) is 5.93. The predicted molar refractivity (Wildman–Crippen MR) is 101 cm³/mol. The number of nitrogens with zero attached hydrogens (tertiary/aromatic N) is 2. The third-order valence-electron chi connectivity index (χ3n) is 3.94. The van der Waals surface area contributed by atoms with E-state index in [0.29, 0.717) is 22.7 Å². The molecule has 128 valence electrons. The molecule has 0 atom stereocenters. The average molecular weight is 343 g/mol. The first kappa shape index (κ1) is 15.9. The first-order valence-electron chi connectivity index (χ1n) is 8.28. The number of carbonyl (C=O) groups excluding carboxylic acids is 1. The van der Waals surface area contributed by atoms with E-state index in [2.05, 4.69) is 10.3 Å². The second kappa shape index (κ2) is 6.72. The van der Waals surface area contributed by atoms with E-state index in [-0.39, 0.29) is 5.91 Å². The van der Waals surface area contributed by atoms with E-state index >= 15 is 0 Å². The van der Waals surface area contributed by atoms with Crippen molar-refractivity contribution < 1.29 is 9.53 Å². The number of aryl methyl sites for hydroxylation is 1. The van der Waals surface area contributed by atoms with Gasteiger partial charge in [0.05, 0.1) is 16.9 Å². The van der Waals surface area contributed by atoms with Crippen molar-refractivity contribution in [3.05, 3.63) is 90.4 Å². The van der Waals surface area contributed by atoms with Crippen LogP contribution >= 0.6 is 0 Å². The van der Waals surface area contributed by atoms with E-state index in [1.807, 2.05) is 78.2 Å². The molecule has 0 unspecified atom stereocenters. The number of benzene rings is 2. The van der Waals surface area contributed by atoms with Crippen molar-refractivity contribution >= 4 is 17.2 Å². The second-order valence-corrected chi connectivity index (χ2v) is 5.93. The summed E-state index contributed by atoms with van der Waals surface area (Å²) >= 11 is 0. The molecule has 0 aliphatic carbocycles. The first-order chi connectivity index (χ1) is 12.7. The van der Waals surface area contributed by atoms with Crippen LogP contribution in [0.3, 0.4) is 0 Å². The fourth-order valence-corrected chi connectivity index (χ4v) is 2.72. The minimum Gasteiger partial charge on any atom is -0.455 e. The largest absolute Gasteiger partial charge is 0.455 e. The Hall–Kier alpha value is -3.60. The van der Waals surface area contributed by atoms with Crippen LogP contribution in [-0.2, 0) is 0 Å². The van der Waals surface area contributed by atoms with Crippen molar-refractivity contribution in [3.8, 4) is 11.5 Å². The Kier molecular flexibility index (Phi) is 4.11. The lowest BCUT2D eigenvalue weighted by Crippen LogP contribution is -2.13. The number of pyridine rings is 1. The molecule has 5 heteroatoms. The zero-order valence-corrected chi connectivity index (χ0v) is 14.2. The number of hydrogen-bond acceptors (Lipinski definition) is 3. The number of rotatable bonds is 4. The summed E-state index contributed by atoms with van der Waals surface area (Å²) < 4.78 is 7.73. The summed E-state index contributed by atoms with van der Waals surface area (Å²) in [6.45, 7) is 1.92. The van der Waals surface area contributed by atoms with Crippen molar-refractivity contribution in [3.63, 3.8) is 0 Å². The Bertz CT molecular complexity index is 1070. The van der Waals surface area contributed by atoms with Gasteiger partial charge in [0.25, 0.3) is 5.91 Å². The number of amides is 1. The highest BCUT2D eigenvalue weighted by atomic mass is 16.5. The monoisotopic (exact) mass is 343 g/mol. The highest BCUT2D eigenvalue weighted by Gasteiger charge is 2.11. The Morgan fingerprint density at radius 3 is 2.58 bits per heavy atom. The van der Waals surface area contributed by atoms with E-state index in [0.717, 1.165) is 11.3 Å². The minimum atomic E-state index is -0.206. The summed E-state index contributed by atoms with van der Waals surface area (Å²) in [5.74, 6) is 1.10. The number of ether oxygens (including phenoxy) is 1. The van der Waals surface area contributed by atoms with E-state index in [1.165, 1.54) is 0 Å². The Balaban J connectivity index is 1.59. The lowest BCUT2D eigenvalue weighted by molar-refractivity contribution is 0.102. The highest BCUT2D eigenvalue weighted by Crippen LogP contribution is 2.29. The molecule has 0 radical (unpaired) electrons. The normalized spacial score (nSPS) is 10.7. The molecule has 0 spiro atoms. The SMILES string of the molecule is Cc1cn2cc(C(=O)Nc3ccccc3Oc3ccccc3)ccc2n1. The van der Waals surface area contributed by atoms with Crippen molar-refractivity contribution in [2.24, 2.45) is 0 Å². The number of aromatic nitrogens is 2. The van der Waals surface area contributed by atoms with Crippen LogP contribution in [0.25, 0.3) is 5.65 Å². The standard InChI is InChI=1S/C21H17N3O2/c1-15-13-24-14-16(11-12-20(24)22-15)21(25)23-18-9-5-6-10-19(18)26-17-7-3-2-4-8-17/h2-14H,1H3,(H,23,25). The van der Waals surface area contributed by atoms with E-state index in [1.54, 1.807) is 12.3 Å². The van der Waals surface area contributed by atoms with Crippen molar-refractivity contribution in [2.75, 3.05) is 5.32 Å². The molecule has 4 aromatic rings. The Labute approximate surface area is 150 Å². The van der Waals surface area contributed by atoms with Crippen LogP contribution in [0.2, 0.25) is 0 Å². The van der Waals surface area contributed by atoms with Gasteiger partial charge in [-0.25, -0.2) is 4.98 Å². The molecule has 26 heavy (non-hydrogen) atoms. The maximum absolute atomic E-state index is 12.7. The maximum Gasteiger partial charge on any atom is 0.257 e. The highest BCUT2D eigenvalue weighted by molar-refractivity contribution is 6.05. The minimum absolute atomic E-state index is 0.206. The van der Waals surface area contributed by atoms with Crippen LogP contribution in [0, 0.1) is 6.92 Å². The van der Waals surface area contributed by atoms with Gasteiger partial charge in [0, 0.05) is 12.4 Å². The zero-order valence-electron chi connectivity index (χ0n) is 14.2. The van der Waals surface area contributed by atoms with Gasteiger partial charge in [-0.05, 0) is 43.3 Å². The summed E-state index contributed by atoms with van der Waals surface area (Å²) in [6, 6.07) is 20.4. The zero-order chi connectivity index (χ0) is 17.9. The van der Waals surface area contributed by atoms with Gasteiger partial charge in [0.1, 0.15) is 11.4 Å². The van der Waals surface area contributed by atoms with Crippen LogP contribution in [-0.4, -0.2) is 15.3 Å². The molecule has 0 fully saturated rings. The Morgan fingerprint density at radius 2 is 1.73 bits per heavy atom. The molecule has 5 nitrogen and oxygen atoms in total. The molecule has 0 saturated heterocycles. The summed E-state index contributed by atoms with van der Waals surface area (Å²) in [7, 11) is 0. The lowest BCUT2D eigenvalue weighted by Gasteiger charge is -2.12. The molecule has 2 aromatic carbocycles. The maximum atomic E-state index is 12.7. The van der Waals surface area contributed by atoms with Gasteiger partial charge in [0.15, 0.2) is 5.75 Å². The fraction of sp³-hybridized carbons (Fsp3) is 0.0476. The molecular weight excluding hydrogens is 326 g/mol.